The minimum atomic E-state index is -0.326. The number of hydrogen-bond donors (Lipinski definition) is 0. The molecule has 0 N–H and O–H groups in total. The Bertz CT molecular complexity index is 621. The molecular weight excluding hydrogens is 311 g/mol. The zero-order valence-corrected chi connectivity index (χ0v) is 12.7. The molecule has 100 valence electrons. The number of aromatic nitrogens is 1. The van der Waals surface area contributed by atoms with Crippen LogP contribution in [0, 0.1) is 0 Å². The number of rotatable bonds is 4. The Morgan fingerprint density at radius 3 is 3.00 bits per heavy atom. The number of carbonyl (C=O) groups is 1. The Balaban J connectivity index is 2.55. The number of fused-ring (bicyclic) bond motifs is 1. The van der Waals surface area contributed by atoms with E-state index in [2.05, 4.69) is 15.3 Å². The number of pyridine rings is 1. The first-order chi connectivity index (χ1) is 9.13. The summed E-state index contributed by atoms with van der Waals surface area (Å²) in [5, 5.41) is 10.6. The monoisotopic (exact) mass is 326 g/mol. The van der Waals surface area contributed by atoms with Gasteiger partial charge in [-0.1, -0.05) is 0 Å². The van der Waals surface area contributed by atoms with Gasteiger partial charge in [0.25, 0.3) is 0 Å². The van der Waals surface area contributed by atoms with E-state index in [9.17, 15) is 4.79 Å². The van der Waals surface area contributed by atoms with E-state index in [0.29, 0.717) is 16.7 Å². The van der Waals surface area contributed by atoms with Gasteiger partial charge in [0.2, 0.25) is 0 Å². The van der Waals surface area contributed by atoms with E-state index in [0.717, 1.165) is 9.78 Å². The summed E-state index contributed by atoms with van der Waals surface area (Å²) in [5.74, 6) is -0.326. The van der Waals surface area contributed by atoms with E-state index in [-0.39, 0.29) is 20.5 Å². The van der Waals surface area contributed by atoms with Crippen LogP contribution in [-0.4, -0.2) is 51.2 Å². The van der Waals surface area contributed by atoms with Crippen LogP contribution in [0.25, 0.3) is 9.78 Å². The summed E-state index contributed by atoms with van der Waals surface area (Å²) in [6, 6.07) is 3.73. The van der Waals surface area contributed by atoms with Gasteiger partial charge in [-0.05, 0) is 0 Å². The molecule has 2 aromatic heterocycles. The third-order valence-electron chi connectivity index (χ3n) is 2.22. The van der Waals surface area contributed by atoms with Crippen molar-refractivity contribution in [2.45, 2.75) is 6.92 Å². The van der Waals surface area contributed by atoms with Gasteiger partial charge in [0.1, 0.15) is 0 Å². The van der Waals surface area contributed by atoms with Crippen LogP contribution in [0.1, 0.15) is 16.2 Å². The van der Waals surface area contributed by atoms with Gasteiger partial charge in [0.05, 0.1) is 0 Å². The fraction of sp³-hybridized carbons (Fsp3) is 0.333. The van der Waals surface area contributed by atoms with Crippen molar-refractivity contribution in [3.8, 4) is 0 Å². The average Bonchev–Trinajstić information content (AvgIpc) is 2.75. The molecule has 0 radical (unpaired) electrons. The molecule has 0 amide bonds. The van der Waals surface area contributed by atoms with Gasteiger partial charge >= 0.3 is 116 Å². The van der Waals surface area contributed by atoms with Crippen molar-refractivity contribution in [3.05, 3.63) is 22.8 Å². The third kappa shape index (κ3) is 3.00. The number of esters is 1. The molecule has 7 heteroatoms. The van der Waals surface area contributed by atoms with E-state index in [1.807, 2.05) is 12.1 Å². The maximum atomic E-state index is 12.0. The van der Waals surface area contributed by atoms with Crippen molar-refractivity contribution in [1.82, 2.24) is 9.99 Å². The summed E-state index contributed by atoms with van der Waals surface area (Å²) >= 11 is -0.177. The Labute approximate surface area is 116 Å². The first-order valence-electron chi connectivity index (χ1n) is 5.77. The zero-order valence-electron chi connectivity index (χ0n) is 11.0. The number of nitrogens with zero attached hydrogens (tertiary/aromatic N) is 4. The molecule has 0 spiro atoms. The molecule has 0 bridgehead atoms. The Hall–Kier alpha value is -1.72. The molecular formula is C12H14N4O2Se. The molecule has 6 nitrogen and oxygen atoms in total. The van der Waals surface area contributed by atoms with Gasteiger partial charge in [-0.3, -0.25) is 0 Å². The van der Waals surface area contributed by atoms with E-state index in [1.165, 1.54) is 0 Å². The van der Waals surface area contributed by atoms with Crippen LogP contribution >= 0.6 is 0 Å². The van der Waals surface area contributed by atoms with Gasteiger partial charge in [-0.25, -0.2) is 0 Å². The molecule has 19 heavy (non-hydrogen) atoms. The van der Waals surface area contributed by atoms with Crippen LogP contribution < -0.4 is 0 Å². The quantitative estimate of drug-likeness (QED) is 0.373. The molecule has 2 aromatic rings. The van der Waals surface area contributed by atoms with Crippen molar-refractivity contribution in [2.24, 2.45) is 10.3 Å². The maximum absolute atomic E-state index is 12.0. The summed E-state index contributed by atoms with van der Waals surface area (Å²) < 4.78 is 6.54. The number of hydrogen-bond acceptors (Lipinski definition) is 5. The molecule has 0 aromatic carbocycles. The van der Waals surface area contributed by atoms with Gasteiger partial charge < -0.3 is 0 Å². The first-order valence-corrected chi connectivity index (χ1v) is 7.48. The van der Waals surface area contributed by atoms with E-state index < -0.39 is 0 Å². The van der Waals surface area contributed by atoms with E-state index in [4.69, 9.17) is 4.74 Å². The molecule has 0 fully saturated rings. The summed E-state index contributed by atoms with van der Waals surface area (Å²) in [7, 11) is 3.55. The second-order valence-corrected chi connectivity index (χ2v) is 5.99. The van der Waals surface area contributed by atoms with E-state index >= 15 is 0 Å². The Morgan fingerprint density at radius 2 is 2.32 bits per heavy atom. The van der Waals surface area contributed by atoms with Crippen LogP contribution in [0.3, 0.4) is 0 Å². The van der Waals surface area contributed by atoms with Crippen molar-refractivity contribution < 1.29 is 9.53 Å². The fourth-order valence-electron chi connectivity index (χ4n) is 1.49. The Kier molecular flexibility index (Phi) is 4.29. The molecule has 2 heterocycles. The second-order valence-electron chi connectivity index (χ2n) is 3.89. The van der Waals surface area contributed by atoms with Crippen molar-refractivity contribution in [3.63, 3.8) is 0 Å². The van der Waals surface area contributed by atoms with Gasteiger partial charge in [-0.2, -0.15) is 0 Å². The summed E-state index contributed by atoms with van der Waals surface area (Å²) in [4.78, 5) is 16.3. The van der Waals surface area contributed by atoms with Gasteiger partial charge in [-0.15, -0.1) is 0 Å². The number of carbonyl (C=O) groups excluding carboxylic acids is 1. The van der Waals surface area contributed by atoms with E-state index in [1.54, 1.807) is 32.2 Å². The van der Waals surface area contributed by atoms with Crippen molar-refractivity contribution in [1.29, 1.82) is 0 Å². The van der Waals surface area contributed by atoms with Crippen LogP contribution in [0.5, 0.6) is 0 Å². The summed E-state index contributed by atoms with van der Waals surface area (Å²) in [6.45, 7) is 2.13. The fourth-order valence-corrected chi connectivity index (χ4v) is 3.53. The van der Waals surface area contributed by atoms with Gasteiger partial charge in [0, 0.05) is 0 Å². The molecule has 2 rings (SSSR count). The summed E-state index contributed by atoms with van der Waals surface area (Å²) in [6.07, 6.45) is 1.72. The third-order valence-corrected chi connectivity index (χ3v) is 4.50. The topological polar surface area (TPSA) is 67.1 Å². The average molecular weight is 325 g/mol. The summed E-state index contributed by atoms with van der Waals surface area (Å²) in [5.41, 5.74) is 0.579. The van der Waals surface area contributed by atoms with Crippen LogP contribution in [0.2, 0.25) is 0 Å². The standard InChI is InChI=1S/C12H14N4O2Se/c1-4-18-12(17)10-9(14-15-16(2)3)8-6-5-7-13-11(8)19-10/h5-7H,4H2,1-3H3/b15-14+. The predicted molar refractivity (Wildman–Crippen MR) is 72.8 cm³/mol. The predicted octanol–water partition coefficient (Wildman–Crippen LogP) is 2.03. The normalized spacial score (nSPS) is 11.1. The SMILES string of the molecule is CCOC(=O)c1[se]c2ncccc2c1/N=N/N(C)C. The Morgan fingerprint density at radius 1 is 1.53 bits per heavy atom. The minimum absolute atomic E-state index is 0.177. The van der Waals surface area contributed by atoms with Crippen LogP contribution in [0.4, 0.5) is 5.69 Å². The molecule has 0 aliphatic heterocycles. The zero-order chi connectivity index (χ0) is 13.8. The number of ether oxygens (including phenoxy) is 1. The van der Waals surface area contributed by atoms with Crippen LogP contribution in [-0.2, 0) is 4.74 Å². The first kappa shape index (κ1) is 13.7. The van der Waals surface area contributed by atoms with Crippen molar-refractivity contribution in [2.75, 3.05) is 20.7 Å². The van der Waals surface area contributed by atoms with Crippen LogP contribution in [0.15, 0.2) is 28.7 Å². The molecule has 0 unspecified atom stereocenters. The molecule has 0 atom stereocenters. The molecule has 0 aliphatic rings. The second kappa shape index (κ2) is 5.95. The van der Waals surface area contributed by atoms with Crippen molar-refractivity contribution >= 4 is 35.9 Å². The molecule has 0 saturated heterocycles. The van der Waals surface area contributed by atoms with Gasteiger partial charge in [0.15, 0.2) is 0 Å². The molecule has 0 saturated carbocycles. The molecule has 0 aliphatic carbocycles.